The van der Waals surface area contributed by atoms with E-state index < -0.39 is 6.10 Å². The highest BCUT2D eigenvalue weighted by atomic mass is 16.6. The smallest absolute Gasteiger partial charge is 0.306 e. The van der Waals surface area contributed by atoms with Gasteiger partial charge in [-0.1, -0.05) is 285 Å². The first-order chi connectivity index (χ1) is 37.5. The Morgan fingerprint density at radius 3 is 0.829 bits per heavy atom. The first kappa shape index (κ1) is 72.3. The third-order valence-corrected chi connectivity index (χ3v) is 13.8. The summed E-state index contributed by atoms with van der Waals surface area (Å²) in [5, 5.41) is 0. The Morgan fingerprint density at radius 1 is 0.276 bits per heavy atom. The zero-order valence-electron chi connectivity index (χ0n) is 50.0. The molecule has 0 aliphatic heterocycles. The number of hydrogen-bond acceptors (Lipinski definition) is 6. The molecule has 0 aromatic carbocycles. The molecule has 6 nitrogen and oxygen atoms in total. The molecule has 0 heterocycles. The fourth-order valence-corrected chi connectivity index (χ4v) is 9.01. The van der Waals surface area contributed by atoms with Crippen molar-refractivity contribution in [2.75, 3.05) is 13.2 Å². The number of ether oxygens (including phenoxy) is 3. The molecule has 0 spiro atoms. The lowest BCUT2D eigenvalue weighted by atomic mass is 10.0. The van der Waals surface area contributed by atoms with Crippen molar-refractivity contribution in [2.45, 2.75) is 316 Å². The van der Waals surface area contributed by atoms with Crippen LogP contribution in [-0.4, -0.2) is 37.2 Å². The standard InChI is InChI=1S/C70H120O6/c1-4-7-10-13-16-19-22-25-28-30-32-33-34-35-36-37-39-40-42-45-48-51-54-57-60-63-69(72)75-66-67(65-74-68(71)62-59-56-53-50-47-44-27-24-21-18-15-12-9-6-3)76-70(73)64-61-58-55-52-49-46-43-41-38-31-29-26-23-20-17-14-11-8-5-2/h7,10,16-17,19-20,25-26,28-29,32-33,35-36,39-40,67H,4-6,8-9,11-15,18,21-24,27,30-31,34,37-38,41-66H2,1-3H3/b10-7-,19-16-,20-17-,28-25-,29-26-,33-32-,36-35-,40-39-. The van der Waals surface area contributed by atoms with Crippen LogP contribution in [0.3, 0.4) is 0 Å². The molecule has 0 aliphatic rings. The third-order valence-electron chi connectivity index (χ3n) is 13.8. The van der Waals surface area contributed by atoms with Crippen molar-refractivity contribution < 1.29 is 28.6 Å². The Labute approximate surface area is 470 Å². The number of rotatable bonds is 58. The average Bonchev–Trinajstić information content (AvgIpc) is 3.42. The van der Waals surface area contributed by atoms with Crippen molar-refractivity contribution >= 4 is 17.9 Å². The molecule has 0 rings (SSSR count). The molecule has 0 aliphatic carbocycles. The van der Waals surface area contributed by atoms with Crippen LogP contribution in [0.2, 0.25) is 0 Å². The SMILES string of the molecule is CC/C=C\C/C=C\C/C=C\C/C=C\C/C=C\C/C=C\CCCCCCCCC(=O)OCC(COC(=O)CCCCCCCCCCCCCCCC)OC(=O)CCCCCCCCCCC/C=C\C/C=C\CCCCC. The summed E-state index contributed by atoms with van der Waals surface area (Å²) in [5.74, 6) is -0.889. The number of carbonyl (C=O) groups excluding carboxylic acids is 3. The van der Waals surface area contributed by atoms with E-state index in [2.05, 4.69) is 118 Å². The van der Waals surface area contributed by atoms with Crippen molar-refractivity contribution in [3.63, 3.8) is 0 Å². The Balaban J connectivity index is 4.38. The number of unbranched alkanes of at least 4 members (excludes halogenated alkanes) is 31. The third kappa shape index (κ3) is 61.2. The van der Waals surface area contributed by atoms with Crippen LogP contribution in [0.4, 0.5) is 0 Å². The number of allylic oxidation sites excluding steroid dienone is 16. The van der Waals surface area contributed by atoms with Crippen molar-refractivity contribution in [2.24, 2.45) is 0 Å². The summed E-state index contributed by atoms with van der Waals surface area (Å²) in [5.41, 5.74) is 0. The van der Waals surface area contributed by atoms with Crippen LogP contribution in [0.25, 0.3) is 0 Å². The van der Waals surface area contributed by atoms with Gasteiger partial charge in [0.1, 0.15) is 13.2 Å². The fraction of sp³-hybridized carbons (Fsp3) is 0.729. The molecule has 0 aromatic rings. The summed E-state index contributed by atoms with van der Waals surface area (Å²) in [6, 6.07) is 0. The average molecular weight is 1060 g/mol. The van der Waals surface area contributed by atoms with Gasteiger partial charge in [-0.05, 0) is 103 Å². The molecule has 1 unspecified atom stereocenters. The first-order valence-electron chi connectivity index (χ1n) is 32.2. The minimum absolute atomic E-state index is 0.0815. The van der Waals surface area contributed by atoms with Crippen molar-refractivity contribution in [3.8, 4) is 0 Å². The van der Waals surface area contributed by atoms with Crippen molar-refractivity contribution in [1.82, 2.24) is 0 Å². The largest absolute Gasteiger partial charge is 0.462 e. The molecule has 0 saturated heterocycles. The summed E-state index contributed by atoms with van der Waals surface area (Å²) in [7, 11) is 0. The summed E-state index contributed by atoms with van der Waals surface area (Å²) in [6.45, 7) is 6.52. The van der Waals surface area contributed by atoms with E-state index in [0.29, 0.717) is 19.3 Å². The Morgan fingerprint density at radius 2 is 0.513 bits per heavy atom. The maximum absolute atomic E-state index is 12.9. The molecular formula is C70H120O6. The molecule has 1 atom stereocenters. The van der Waals surface area contributed by atoms with E-state index in [4.69, 9.17) is 14.2 Å². The molecular weight excluding hydrogens is 937 g/mol. The van der Waals surface area contributed by atoms with Crippen LogP contribution >= 0.6 is 0 Å². The van der Waals surface area contributed by atoms with Crippen LogP contribution in [0.5, 0.6) is 0 Å². The summed E-state index contributed by atoms with van der Waals surface area (Å²) < 4.78 is 16.9. The molecule has 6 heteroatoms. The summed E-state index contributed by atoms with van der Waals surface area (Å²) >= 11 is 0. The molecule has 0 N–H and O–H groups in total. The van der Waals surface area contributed by atoms with Gasteiger partial charge in [0, 0.05) is 19.3 Å². The van der Waals surface area contributed by atoms with Crippen LogP contribution in [-0.2, 0) is 28.6 Å². The quantitative estimate of drug-likeness (QED) is 0.0261. The molecule has 0 saturated carbocycles. The lowest BCUT2D eigenvalue weighted by Gasteiger charge is -2.18. The topological polar surface area (TPSA) is 78.9 Å². The van der Waals surface area contributed by atoms with Gasteiger partial charge in [-0.15, -0.1) is 0 Å². The maximum Gasteiger partial charge on any atom is 0.306 e. The normalized spacial score (nSPS) is 12.7. The van der Waals surface area contributed by atoms with Crippen molar-refractivity contribution in [1.29, 1.82) is 0 Å². The minimum Gasteiger partial charge on any atom is -0.462 e. The number of esters is 3. The zero-order chi connectivity index (χ0) is 55.0. The zero-order valence-corrected chi connectivity index (χ0v) is 50.0. The Kier molecular flexibility index (Phi) is 60.8. The van der Waals surface area contributed by atoms with Gasteiger partial charge in [0.15, 0.2) is 6.10 Å². The van der Waals surface area contributed by atoms with E-state index in [1.165, 1.54) is 154 Å². The van der Waals surface area contributed by atoms with Crippen LogP contribution in [0, 0.1) is 0 Å². The Hall–Kier alpha value is -3.67. The molecule has 0 radical (unpaired) electrons. The van der Waals surface area contributed by atoms with Gasteiger partial charge in [0.25, 0.3) is 0 Å². The number of carbonyl (C=O) groups is 3. The second-order valence-electron chi connectivity index (χ2n) is 21.3. The van der Waals surface area contributed by atoms with E-state index in [0.717, 1.165) is 116 Å². The van der Waals surface area contributed by atoms with E-state index >= 15 is 0 Å². The van der Waals surface area contributed by atoms with Crippen LogP contribution < -0.4 is 0 Å². The van der Waals surface area contributed by atoms with Gasteiger partial charge < -0.3 is 14.2 Å². The molecule has 0 bridgehead atoms. The summed E-state index contributed by atoms with van der Waals surface area (Å²) in [6.07, 6.45) is 85.4. The lowest BCUT2D eigenvalue weighted by Crippen LogP contribution is -2.30. The van der Waals surface area contributed by atoms with Crippen molar-refractivity contribution in [3.05, 3.63) is 97.2 Å². The predicted octanol–water partition coefficient (Wildman–Crippen LogP) is 22.0. The second-order valence-corrected chi connectivity index (χ2v) is 21.3. The van der Waals surface area contributed by atoms with Gasteiger partial charge in [-0.2, -0.15) is 0 Å². The van der Waals surface area contributed by atoms with Gasteiger partial charge in [-0.3, -0.25) is 14.4 Å². The van der Waals surface area contributed by atoms with Crippen LogP contribution in [0.1, 0.15) is 310 Å². The van der Waals surface area contributed by atoms with E-state index in [1.807, 2.05) is 0 Å². The highest BCUT2D eigenvalue weighted by Gasteiger charge is 2.19. The monoisotopic (exact) mass is 1060 g/mol. The fourth-order valence-electron chi connectivity index (χ4n) is 9.01. The lowest BCUT2D eigenvalue weighted by molar-refractivity contribution is -0.167. The van der Waals surface area contributed by atoms with Gasteiger partial charge in [0.05, 0.1) is 0 Å². The molecule has 436 valence electrons. The van der Waals surface area contributed by atoms with E-state index in [1.54, 1.807) is 0 Å². The van der Waals surface area contributed by atoms with E-state index in [9.17, 15) is 14.4 Å². The predicted molar refractivity (Wildman–Crippen MR) is 330 cm³/mol. The maximum atomic E-state index is 12.9. The second kappa shape index (κ2) is 63.9. The van der Waals surface area contributed by atoms with E-state index in [-0.39, 0.29) is 31.1 Å². The molecule has 0 amide bonds. The number of hydrogen-bond donors (Lipinski definition) is 0. The van der Waals surface area contributed by atoms with Gasteiger partial charge in [-0.25, -0.2) is 0 Å². The highest BCUT2D eigenvalue weighted by Crippen LogP contribution is 2.16. The summed E-state index contributed by atoms with van der Waals surface area (Å²) in [4.78, 5) is 38.3. The molecule has 0 aromatic heterocycles. The highest BCUT2D eigenvalue weighted by molar-refractivity contribution is 5.71. The first-order valence-corrected chi connectivity index (χ1v) is 32.2. The minimum atomic E-state index is -0.787. The molecule has 76 heavy (non-hydrogen) atoms. The van der Waals surface area contributed by atoms with Crippen LogP contribution in [0.15, 0.2) is 97.2 Å². The van der Waals surface area contributed by atoms with Gasteiger partial charge in [0.2, 0.25) is 0 Å². The van der Waals surface area contributed by atoms with Gasteiger partial charge >= 0.3 is 17.9 Å². The molecule has 0 fully saturated rings. The Bertz CT molecular complexity index is 1490.